The molecule has 0 aromatic rings. The number of rotatable bonds is 21. The lowest BCUT2D eigenvalue weighted by Gasteiger charge is -2.42. The molecule has 0 aromatic carbocycles. The van der Waals surface area contributed by atoms with Gasteiger partial charge in [-0.25, -0.2) is 0 Å². The quantitative estimate of drug-likeness (QED) is 0.111. The van der Waals surface area contributed by atoms with E-state index in [1.165, 1.54) is 0 Å². The zero-order valence-electron chi connectivity index (χ0n) is 22.5. The molecule has 0 fully saturated rings. The molecular formula is C28H44N6P2+2. The molecule has 0 aromatic heterocycles. The fourth-order valence-corrected chi connectivity index (χ4v) is 17.7. The van der Waals surface area contributed by atoms with Gasteiger partial charge in [-0.2, -0.15) is 31.6 Å². The molecule has 0 saturated carbocycles. The summed E-state index contributed by atoms with van der Waals surface area (Å²) < 4.78 is 0. The molecule has 194 valence electrons. The van der Waals surface area contributed by atoms with Crippen LogP contribution in [0.5, 0.6) is 0 Å². The van der Waals surface area contributed by atoms with E-state index < -0.39 is 14.5 Å². The summed E-state index contributed by atoms with van der Waals surface area (Å²) in [5.41, 5.74) is 0.876. The van der Waals surface area contributed by atoms with Crippen molar-refractivity contribution < 1.29 is 0 Å². The Labute approximate surface area is 221 Å². The van der Waals surface area contributed by atoms with Crippen LogP contribution in [0.4, 0.5) is 0 Å². The van der Waals surface area contributed by atoms with Crippen molar-refractivity contribution in [1.82, 2.24) is 0 Å². The molecule has 0 aliphatic carbocycles. The van der Waals surface area contributed by atoms with E-state index in [1.54, 1.807) is 0 Å². The minimum absolute atomic E-state index is 0.438. The highest BCUT2D eigenvalue weighted by molar-refractivity contribution is 7.80. The fourth-order valence-electron chi connectivity index (χ4n) is 5.65. The molecule has 6 nitrogen and oxygen atoms in total. The predicted molar refractivity (Wildman–Crippen MR) is 151 cm³/mol. The Morgan fingerprint density at radius 3 is 0.694 bits per heavy atom. The average Bonchev–Trinajstić information content (AvgIpc) is 2.88. The summed E-state index contributed by atoms with van der Waals surface area (Å²) in [7, 11) is -3.13. The monoisotopic (exact) mass is 526 g/mol. The first-order chi connectivity index (χ1) is 17.4. The number of unbranched alkanes of at least 4 members (excludes halogenated alkanes) is 6. The summed E-state index contributed by atoms with van der Waals surface area (Å²) >= 11 is 0. The van der Waals surface area contributed by atoms with E-state index in [-0.39, 0.29) is 0 Å². The van der Waals surface area contributed by atoms with Crippen LogP contribution in [-0.2, 0) is 0 Å². The topological polar surface area (TPSA) is 143 Å². The molecule has 0 N–H and O–H groups in total. The van der Waals surface area contributed by atoms with Gasteiger partial charge in [0.15, 0.2) is 0 Å². The van der Waals surface area contributed by atoms with Gasteiger partial charge in [0.2, 0.25) is 0 Å². The van der Waals surface area contributed by atoms with Gasteiger partial charge in [0.1, 0.15) is 11.3 Å². The van der Waals surface area contributed by atoms with Crippen molar-refractivity contribution in [2.45, 2.75) is 102 Å². The Kier molecular flexibility index (Phi) is 19.7. The summed E-state index contributed by atoms with van der Waals surface area (Å²) in [6.07, 6.45) is 14.5. The van der Waals surface area contributed by atoms with Crippen LogP contribution in [0.15, 0.2) is 0 Å². The van der Waals surface area contributed by atoms with Crippen molar-refractivity contribution in [2.75, 3.05) is 37.0 Å². The van der Waals surface area contributed by atoms with Gasteiger partial charge < -0.3 is 0 Å². The minimum Gasteiger partial charge on any atom is -0.198 e. The Balaban J connectivity index is 6.39. The smallest absolute Gasteiger partial charge is 0.103 e. The summed E-state index contributed by atoms with van der Waals surface area (Å²) in [5, 5.41) is 55.4. The van der Waals surface area contributed by atoms with Crippen LogP contribution < -0.4 is 0 Å². The normalized spacial score (nSPS) is 12.7. The third kappa shape index (κ3) is 12.2. The van der Waals surface area contributed by atoms with Crippen molar-refractivity contribution >= 4 is 14.5 Å². The zero-order valence-corrected chi connectivity index (χ0v) is 24.2. The first-order valence-electron chi connectivity index (χ1n) is 13.4. The van der Waals surface area contributed by atoms with Crippen LogP contribution >= 0.6 is 14.5 Å². The van der Waals surface area contributed by atoms with Gasteiger partial charge in [0.05, 0.1) is 73.4 Å². The van der Waals surface area contributed by atoms with Gasteiger partial charge in [-0.05, 0) is 52.4 Å². The van der Waals surface area contributed by atoms with Crippen LogP contribution in [0, 0.1) is 68.0 Å². The van der Waals surface area contributed by atoms with E-state index in [0.717, 1.165) is 75.5 Å². The van der Waals surface area contributed by atoms with Gasteiger partial charge in [-0.1, -0.05) is 0 Å². The maximum absolute atomic E-state index is 9.23. The maximum atomic E-state index is 9.23. The molecule has 0 aliphatic rings. The lowest BCUT2D eigenvalue weighted by atomic mass is 10.3. The molecule has 0 bridgehead atoms. The number of hydrogen-bond acceptors (Lipinski definition) is 6. The molecule has 0 radical (unpaired) electrons. The maximum Gasteiger partial charge on any atom is 0.103 e. The molecule has 0 heterocycles. The summed E-state index contributed by atoms with van der Waals surface area (Å²) in [5.74, 6) is 0. The third-order valence-corrected chi connectivity index (χ3v) is 19.6. The molecule has 0 aliphatic heterocycles. The van der Waals surface area contributed by atoms with Gasteiger partial charge in [-0.15, -0.1) is 0 Å². The summed E-state index contributed by atoms with van der Waals surface area (Å²) in [4.78, 5) is 0. The van der Waals surface area contributed by atoms with Gasteiger partial charge in [-0.3, -0.25) is 0 Å². The van der Waals surface area contributed by atoms with E-state index in [4.69, 9.17) is 0 Å². The SMILES string of the molecule is CC(C(C)[P+](CCCC#N)(CCCC#N)CCCC#N)[P+](CCCC#N)(CCCC#N)CCCC#N. The van der Waals surface area contributed by atoms with Crippen LogP contribution in [0.3, 0.4) is 0 Å². The van der Waals surface area contributed by atoms with Gasteiger partial charge in [0, 0.05) is 53.0 Å². The van der Waals surface area contributed by atoms with Crippen LogP contribution in [-0.4, -0.2) is 48.3 Å². The average molecular weight is 527 g/mol. The van der Waals surface area contributed by atoms with Crippen LogP contribution in [0.1, 0.15) is 90.9 Å². The van der Waals surface area contributed by atoms with E-state index >= 15 is 0 Å². The molecule has 0 amide bonds. The van der Waals surface area contributed by atoms with Gasteiger partial charge >= 0.3 is 0 Å². The van der Waals surface area contributed by atoms with E-state index in [0.29, 0.717) is 49.8 Å². The van der Waals surface area contributed by atoms with E-state index in [2.05, 4.69) is 50.3 Å². The highest BCUT2D eigenvalue weighted by atomic mass is 31.2. The molecular weight excluding hydrogens is 482 g/mol. The first kappa shape index (κ1) is 33.8. The lowest BCUT2D eigenvalue weighted by molar-refractivity contribution is 0.797. The number of nitrogens with zero attached hydrogens (tertiary/aromatic N) is 6. The molecule has 8 heteroatoms. The van der Waals surface area contributed by atoms with Crippen molar-refractivity contribution in [1.29, 1.82) is 31.6 Å². The standard InChI is InChI=1S/C28H44N6P2/c1-27(35(21-9-3-15-29,22-10-4-16-30)23-11-5-17-31)28(2)36(24-12-6-18-32,25-13-7-19-33)26-14-8-20-34/h27-28H,3-14,21-26H2,1-2H3/q+2. The van der Waals surface area contributed by atoms with Crippen molar-refractivity contribution in [3.05, 3.63) is 0 Å². The molecule has 2 unspecified atom stereocenters. The Morgan fingerprint density at radius 2 is 0.556 bits per heavy atom. The van der Waals surface area contributed by atoms with Crippen molar-refractivity contribution in [2.24, 2.45) is 0 Å². The second-order valence-corrected chi connectivity index (χ2v) is 19.0. The predicted octanol–water partition coefficient (Wildman–Crippen LogP) is 7.62. The lowest BCUT2D eigenvalue weighted by Crippen LogP contribution is -2.34. The van der Waals surface area contributed by atoms with Crippen molar-refractivity contribution in [3.8, 4) is 36.4 Å². The minimum atomic E-state index is -1.57. The Bertz CT molecular complexity index is 689. The highest BCUT2D eigenvalue weighted by Crippen LogP contribution is 2.74. The summed E-state index contributed by atoms with van der Waals surface area (Å²) in [6, 6.07) is 13.8. The number of hydrogen-bond donors (Lipinski definition) is 0. The van der Waals surface area contributed by atoms with Crippen LogP contribution in [0.2, 0.25) is 0 Å². The summed E-state index contributed by atoms with van der Waals surface area (Å²) in [6.45, 7) is 4.77. The first-order valence-corrected chi connectivity index (χ1v) is 18.2. The fraction of sp³-hybridized carbons (Fsp3) is 0.786. The molecule has 36 heavy (non-hydrogen) atoms. The number of nitriles is 6. The molecule has 0 spiro atoms. The Morgan fingerprint density at radius 1 is 0.389 bits per heavy atom. The van der Waals surface area contributed by atoms with E-state index in [9.17, 15) is 31.6 Å². The zero-order chi connectivity index (χ0) is 27.1. The second kappa shape index (κ2) is 20.9. The highest BCUT2D eigenvalue weighted by Gasteiger charge is 2.53. The van der Waals surface area contributed by atoms with Gasteiger partial charge in [0.25, 0.3) is 0 Å². The largest absolute Gasteiger partial charge is 0.198 e. The van der Waals surface area contributed by atoms with E-state index in [1.807, 2.05) is 0 Å². The van der Waals surface area contributed by atoms with Crippen molar-refractivity contribution in [3.63, 3.8) is 0 Å². The second-order valence-electron chi connectivity index (χ2n) is 9.83. The van der Waals surface area contributed by atoms with Crippen LogP contribution in [0.25, 0.3) is 0 Å². The third-order valence-electron chi connectivity index (χ3n) is 7.78. The Hall–Kier alpha value is -2.20. The molecule has 0 rings (SSSR count). The molecule has 0 saturated heterocycles. The molecule has 2 atom stereocenters.